The van der Waals surface area contributed by atoms with E-state index in [1.165, 1.54) is 43.7 Å². The van der Waals surface area contributed by atoms with Crippen molar-refractivity contribution >= 4 is 23.3 Å². The summed E-state index contributed by atoms with van der Waals surface area (Å²) in [5.74, 6) is 0. The maximum absolute atomic E-state index is 4.81. The Bertz CT molecular complexity index is 642. The molecule has 2 aliphatic heterocycles. The lowest BCUT2D eigenvalue weighted by Gasteiger charge is -2.32. The zero-order valence-corrected chi connectivity index (χ0v) is 14.3. The van der Waals surface area contributed by atoms with Crippen LogP contribution < -0.4 is 5.32 Å². The summed E-state index contributed by atoms with van der Waals surface area (Å²) >= 11 is 0. The van der Waals surface area contributed by atoms with Crippen molar-refractivity contribution in [2.75, 3.05) is 39.3 Å². The van der Waals surface area contributed by atoms with Gasteiger partial charge in [-0.05, 0) is 18.6 Å². The molecule has 2 aromatic rings. The first kappa shape index (κ1) is 16.7. The van der Waals surface area contributed by atoms with Crippen molar-refractivity contribution < 1.29 is 0 Å². The molecule has 4 rings (SSSR count). The number of fused-ring (bicyclic) bond motifs is 1. The highest BCUT2D eigenvalue weighted by Crippen LogP contribution is 2.19. The normalized spacial score (nSPS) is 23.0. The lowest BCUT2D eigenvalue weighted by molar-refractivity contribution is 0.170. The van der Waals surface area contributed by atoms with E-state index in [1.54, 1.807) is 0 Å². The minimum atomic E-state index is 0. The van der Waals surface area contributed by atoms with Crippen molar-refractivity contribution in [3.8, 4) is 0 Å². The van der Waals surface area contributed by atoms with Gasteiger partial charge in [0.2, 0.25) is 0 Å². The van der Waals surface area contributed by atoms with Crippen LogP contribution in [0.15, 0.2) is 36.4 Å². The highest BCUT2D eigenvalue weighted by molar-refractivity contribution is 5.85. The second-order valence-corrected chi connectivity index (χ2v) is 6.46. The third kappa shape index (κ3) is 3.83. The zero-order valence-electron chi connectivity index (χ0n) is 13.4. The Balaban J connectivity index is 0.00000156. The predicted molar refractivity (Wildman–Crippen MR) is 97.1 cm³/mol. The summed E-state index contributed by atoms with van der Waals surface area (Å²) in [5, 5.41) is 4.67. The summed E-state index contributed by atoms with van der Waals surface area (Å²) in [6, 6.07) is 13.5. The first-order valence-corrected chi connectivity index (χ1v) is 8.40. The molecule has 1 N–H and O–H groups in total. The molecule has 1 aromatic carbocycles. The first-order valence-electron chi connectivity index (χ1n) is 8.40. The van der Waals surface area contributed by atoms with Gasteiger partial charge in [0.05, 0.1) is 11.2 Å². The molecular formula is C18H25ClN4. The third-order valence-corrected chi connectivity index (χ3v) is 4.96. The van der Waals surface area contributed by atoms with Crippen molar-refractivity contribution in [1.82, 2.24) is 20.1 Å². The maximum Gasteiger partial charge on any atom is 0.0705 e. The van der Waals surface area contributed by atoms with Crippen LogP contribution in [0.3, 0.4) is 0 Å². The predicted octanol–water partition coefficient (Wildman–Crippen LogP) is 2.14. The lowest BCUT2D eigenvalue weighted by atomic mass is 10.2. The number of benzene rings is 1. The summed E-state index contributed by atoms with van der Waals surface area (Å²) in [7, 11) is 0. The van der Waals surface area contributed by atoms with Crippen molar-refractivity contribution in [1.29, 1.82) is 0 Å². The fourth-order valence-corrected chi connectivity index (χ4v) is 3.73. The van der Waals surface area contributed by atoms with Gasteiger partial charge in [0, 0.05) is 57.2 Å². The Morgan fingerprint density at radius 2 is 1.87 bits per heavy atom. The van der Waals surface area contributed by atoms with Crippen molar-refractivity contribution in [3.05, 3.63) is 42.1 Å². The molecular weight excluding hydrogens is 308 g/mol. The fourth-order valence-electron chi connectivity index (χ4n) is 3.73. The highest BCUT2D eigenvalue weighted by atomic mass is 35.5. The Labute approximate surface area is 144 Å². The Morgan fingerprint density at radius 3 is 2.74 bits per heavy atom. The SMILES string of the molecule is Cl.c1ccc2nc(CN3CCC(N4CCNCC4)C3)ccc2c1. The van der Waals surface area contributed by atoms with Crippen molar-refractivity contribution in [3.63, 3.8) is 0 Å². The molecule has 1 unspecified atom stereocenters. The molecule has 2 saturated heterocycles. The molecule has 0 spiro atoms. The highest BCUT2D eigenvalue weighted by Gasteiger charge is 2.28. The zero-order chi connectivity index (χ0) is 14.8. The average Bonchev–Trinajstić information content (AvgIpc) is 3.04. The van der Waals surface area contributed by atoms with Gasteiger partial charge in [-0.1, -0.05) is 24.3 Å². The molecule has 2 fully saturated rings. The molecule has 0 radical (unpaired) electrons. The van der Waals surface area contributed by atoms with Crippen molar-refractivity contribution in [2.24, 2.45) is 0 Å². The number of hydrogen-bond acceptors (Lipinski definition) is 4. The van der Waals surface area contributed by atoms with Crippen molar-refractivity contribution in [2.45, 2.75) is 19.0 Å². The van der Waals surface area contributed by atoms with Gasteiger partial charge in [-0.15, -0.1) is 12.4 Å². The number of likely N-dealkylation sites (tertiary alicyclic amines) is 1. The van der Waals surface area contributed by atoms with Crippen LogP contribution in [0, 0.1) is 0 Å². The van der Waals surface area contributed by atoms with E-state index in [0.29, 0.717) is 0 Å². The standard InChI is InChI=1S/C18H24N4.ClH/c1-2-4-18-15(3-1)5-6-16(20-18)13-21-10-7-17(14-21)22-11-8-19-9-12-22;/h1-6,17,19H,7-14H2;1H. The molecule has 0 saturated carbocycles. The van der Waals surface area contributed by atoms with E-state index < -0.39 is 0 Å². The van der Waals surface area contributed by atoms with Crippen LogP contribution in [0.2, 0.25) is 0 Å². The topological polar surface area (TPSA) is 31.4 Å². The third-order valence-electron chi connectivity index (χ3n) is 4.96. The smallest absolute Gasteiger partial charge is 0.0705 e. The number of pyridine rings is 1. The van der Waals surface area contributed by atoms with Gasteiger partial charge in [-0.25, -0.2) is 0 Å². The van der Waals surface area contributed by atoms with Crippen LogP contribution in [0.5, 0.6) is 0 Å². The summed E-state index contributed by atoms with van der Waals surface area (Å²) in [5.41, 5.74) is 2.30. The molecule has 4 nitrogen and oxygen atoms in total. The van der Waals surface area contributed by atoms with E-state index in [4.69, 9.17) is 4.98 Å². The minimum Gasteiger partial charge on any atom is -0.314 e. The molecule has 124 valence electrons. The first-order chi connectivity index (χ1) is 10.9. The number of nitrogens with zero attached hydrogens (tertiary/aromatic N) is 3. The Morgan fingerprint density at radius 1 is 1.04 bits per heavy atom. The molecule has 2 aliphatic rings. The van der Waals surface area contributed by atoms with E-state index >= 15 is 0 Å². The van der Waals surface area contributed by atoms with E-state index in [9.17, 15) is 0 Å². The number of hydrogen-bond donors (Lipinski definition) is 1. The number of halogens is 1. The van der Waals surface area contributed by atoms with Crippen LogP contribution in [0.1, 0.15) is 12.1 Å². The number of aromatic nitrogens is 1. The summed E-state index contributed by atoms with van der Waals surface area (Å²) in [4.78, 5) is 10.0. The van der Waals surface area contributed by atoms with Crippen LogP contribution in [0.25, 0.3) is 10.9 Å². The lowest BCUT2D eigenvalue weighted by Crippen LogP contribution is -2.49. The van der Waals surface area contributed by atoms with E-state index in [2.05, 4.69) is 51.5 Å². The number of piperazine rings is 1. The second kappa shape index (κ2) is 7.58. The molecule has 1 atom stereocenters. The summed E-state index contributed by atoms with van der Waals surface area (Å²) in [6.45, 7) is 8.05. The minimum absolute atomic E-state index is 0. The molecule has 5 heteroatoms. The summed E-state index contributed by atoms with van der Waals surface area (Å²) < 4.78 is 0. The molecule has 3 heterocycles. The second-order valence-electron chi connectivity index (χ2n) is 6.46. The largest absolute Gasteiger partial charge is 0.314 e. The number of para-hydroxylation sites is 1. The van der Waals surface area contributed by atoms with Crippen LogP contribution in [-0.4, -0.2) is 60.1 Å². The van der Waals surface area contributed by atoms with Gasteiger partial charge in [0.25, 0.3) is 0 Å². The van der Waals surface area contributed by atoms with Crippen LogP contribution in [0.4, 0.5) is 0 Å². The van der Waals surface area contributed by atoms with Crippen LogP contribution >= 0.6 is 12.4 Å². The van der Waals surface area contributed by atoms with E-state index in [-0.39, 0.29) is 12.4 Å². The maximum atomic E-state index is 4.81. The molecule has 0 bridgehead atoms. The Kier molecular flexibility index (Phi) is 5.49. The molecule has 23 heavy (non-hydrogen) atoms. The fraction of sp³-hybridized carbons (Fsp3) is 0.500. The Hall–Kier alpha value is -1.20. The van der Waals surface area contributed by atoms with Gasteiger partial charge < -0.3 is 5.32 Å². The van der Waals surface area contributed by atoms with Gasteiger partial charge >= 0.3 is 0 Å². The molecule has 1 aromatic heterocycles. The van der Waals surface area contributed by atoms with E-state index in [1.807, 2.05) is 0 Å². The van der Waals surface area contributed by atoms with Gasteiger partial charge in [0.15, 0.2) is 0 Å². The average molecular weight is 333 g/mol. The number of nitrogens with one attached hydrogen (secondary N) is 1. The molecule has 0 aliphatic carbocycles. The van der Waals surface area contributed by atoms with Gasteiger partial charge in [-0.3, -0.25) is 14.8 Å². The number of rotatable bonds is 3. The molecule has 0 amide bonds. The van der Waals surface area contributed by atoms with E-state index in [0.717, 1.165) is 31.2 Å². The van der Waals surface area contributed by atoms with Gasteiger partial charge in [-0.2, -0.15) is 0 Å². The monoisotopic (exact) mass is 332 g/mol. The quantitative estimate of drug-likeness (QED) is 0.933. The van der Waals surface area contributed by atoms with Gasteiger partial charge in [0.1, 0.15) is 0 Å². The summed E-state index contributed by atoms with van der Waals surface area (Å²) in [6.07, 6.45) is 1.30. The van der Waals surface area contributed by atoms with Crippen LogP contribution in [-0.2, 0) is 6.54 Å².